The van der Waals surface area contributed by atoms with Crippen molar-refractivity contribution >= 4 is 45.3 Å². The van der Waals surface area contributed by atoms with Crippen LogP contribution >= 0.6 is 40.1 Å². The summed E-state index contributed by atoms with van der Waals surface area (Å²) in [5.41, 5.74) is 3.79. The van der Waals surface area contributed by atoms with Crippen molar-refractivity contribution in [3.05, 3.63) is 106 Å². The molecule has 1 N–H and O–H groups in total. The van der Waals surface area contributed by atoms with E-state index >= 15 is 0 Å². The summed E-state index contributed by atoms with van der Waals surface area (Å²) >= 11 is 5.39. The molecule has 1 aliphatic rings. The molecule has 0 saturated heterocycles. The molecule has 27 heavy (non-hydrogen) atoms. The number of nitrogens with zero attached hydrogens (tertiary/aromatic N) is 1. The summed E-state index contributed by atoms with van der Waals surface area (Å²) < 4.78 is 1.14. The smallest absolute Gasteiger partial charge is 0.158 e. The molecule has 1 aliphatic heterocycles. The first-order valence-electron chi connectivity index (χ1n) is 8.62. The fourth-order valence-electron chi connectivity index (χ4n) is 3.13. The lowest BCUT2D eigenvalue weighted by Gasteiger charge is -2.19. The van der Waals surface area contributed by atoms with E-state index in [0.29, 0.717) is 0 Å². The van der Waals surface area contributed by atoms with Crippen LogP contribution in [0.15, 0.2) is 94.4 Å². The maximum Gasteiger partial charge on any atom is 0.158 e. The van der Waals surface area contributed by atoms with Crippen molar-refractivity contribution in [2.45, 2.75) is 17.8 Å². The largest absolute Gasteiger partial charge is 0.356 e. The van der Waals surface area contributed by atoms with Crippen LogP contribution in [0.2, 0.25) is 0 Å². The topological polar surface area (TPSA) is 24.4 Å². The third kappa shape index (κ3) is 4.75. The summed E-state index contributed by atoms with van der Waals surface area (Å²) in [5.74, 6) is 0.885. The highest BCUT2D eigenvalue weighted by Crippen LogP contribution is 2.38. The molecule has 2 nitrogen and oxygen atoms in total. The Morgan fingerprint density at radius 2 is 1.41 bits per heavy atom. The molecule has 0 unspecified atom stereocenters. The van der Waals surface area contributed by atoms with Crippen LogP contribution in [-0.4, -0.2) is 5.17 Å². The average Bonchev–Trinajstić information content (AvgIpc) is 3.13. The highest BCUT2D eigenvalue weighted by molar-refractivity contribution is 9.10. The second-order valence-electron chi connectivity index (χ2n) is 6.20. The van der Waals surface area contributed by atoms with Gasteiger partial charge in [-0.15, -0.1) is 12.4 Å². The van der Waals surface area contributed by atoms with E-state index in [9.17, 15) is 0 Å². The van der Waals surface area contributed by atoms with E-state index in [2.05, 4.69) is 100 Å². The van der Waals surface area contributed by atoms with Crippen LogP contribution in [0.4, 0.5) is 0 Å². The zero-order chi connectivity index (χ0) is 17.8. The van der Waals surface area contributed by atoms with Gasteiger partial charge in [-0.1, -0.05) is 107 Å². The fraction of sp³-hybridized carbons (Fsp3) is 0.136. The van der Waals surface area contributed by atoms with E-state index in [1.165, 1.54) is 16.7 Å². The summed E-state index contributed by atoms with van der Waals surface area (Å²) in [4.78, 5) is 5.01. The number of hydrogen-bond donors (Lipinski definition) is 1. The Morgan fingerprint density at radius 1 is 0.815 bits per heavy atom. The molecule has 1 heterocycles. The monoisotopic (exact) mass is 458 g/mol. The van der Waals surface area contributed by atoms with Crippen molar-refractivity contribution in [2.24, 2.45) is 4.99 Å². The molecule has 0 aliphatic carbocycles. The maximum absolute atomic E-state index is 5.01. The highest BCUT2D eigenvalue weighted by Gasteiger charge is 2.31. The van der Waals surface area contributed by atoms with Crippen LogP contribution in [0.5, 0.6) is 0 Å². The Hall–Kier alpha value is -1.75. The van der Waals surface area contributed by atoms with Gasteiger partial charge in [0.2, 0.25) is 0 Å². The Morgan fingerprint density at radius 3 is 2.07 bits per heavy atom. The van der Waals surface area contributed by atoms with Crippen molar-refractivity contribution < 1.29 is 0 Å². The minimum absolute atomic E-state index is 0. The van der Waals surface area contributed by atoms with Crippen molar-refractivity contribution in [1.29, 1.82) is 0 Å². The Labute approximate surface area is 179 Å². The first kappa shape index (κ1) is 20.0. The maximum atomic E-state index is 5.01. The molecular weight excluding hydrogens is 440 g/mol. The van der Waals surface area contributed by atoms with Gasteiger partial charge < -0.3 is 5.32 Å². The normalized spacial score (nSPS) is 18.3. The SMILES string of the molecule is Brc1ccccc1CSC1=N[C@H](c2ccccc2)[C@H](c2ccccc2)N1.Cl. The number of nitrogens with one attached hydrogen (secondary N) is 1. The van der Waals surface area contributed by atoms with Crippen molar-refractivity contribution in [1.82, 2.24) is 5.32 Å². The predicted molar refractivity (Wildman–Crippen MR) is 122 cm³/mol. The van der Waals surface area contributed by atoms with Crippen molar-refractivity contribution in [3.63, 3.8) is 0 Å². The summed E-state index contributed by atoms with van der Waals surface area (Å²) in [6, 6.07) is 29.7. The number of benzene rings is 3. The first-order valence-corrected chi connectivity index (χ1v) is 10.4. The fourth-order valence-corrected chi connectivity index (χ4v) is 4.69. The highest BCUT2D eigenvalue weighted by atomic mass is 79.9. The molecule has 0 spiro atoms. The molecule has 0 aromatic heterocycles. The van der Waals surface area contributed by atoms with Crippen molar-refractivity contribution in [2.75, 3.05) is 0 Å². The van der Waals surface area contributed by atoms with Gasteiger partial charge in [-0.05, 0) is 22.8 Å². The third-order valence-corrected chi connectivity index (χ3v) is 6.20. The van der Waals surface area contributed by atoms with Gasteiger partial charge in [-0.3, -0.25) is 4.99 Å². The molecule has 138 valence electrons. The van der Waals surface area contributed by atoms with Gasteiger partial charge in [0.05, 0.1) is 6.04 Å². The van der Waals surface area contributed by atoms with E-state index in [4.69, 9.17) is 4.99 Å². The van der Waals surface area contributed by atoms with E-state index in [0.717, 1.165) is 15.4 Å². The number of aliphatic imine (C=N–C) groups is 1. The lowest BCUT2D eigenvalue weighted by Crippen LogP contribution is -2.22. The second-order valence-corrected chi connectivity index (χ2v) is 8.02. The van der Waals surface area contributed by atoms with E-state index in [-0.39, 0.29) is 24.5 Å². The van der Waals surface area contributed by atoms with Gasteiger partial charge in [0, 0.05) is 10.2 Å². The van der Waals surface area contributed by atoms with E-state index in [1.807, 2.05) is 6.07 Å². The van der Waals surface area contributed by atoms with Gasteiger partial charge in [-0.25, -0.2) is 0 Å². The van der Waals surface area contributed by atoms with Crippen molar-refractivity contribution in [3.8, 4) is 0 Å². The van der Waals surface area contributed by atoms with Crippen LogP contribution in [0, 0.1) is 0 Å². The summed E-state index contributed by atoms with van der Waals surface area (Å²) in [6.45, 7) is 0. The number of thioether (sulfide) groups is 1. The van der Waals surface area contributed by atoms with Crippen LogP contribution < -0.4 is 5.32 Å². The lowest BCUT2D eigenvalue weighted by atomic mass is 9.95. The van der Waals surface area contributed by atoms with Gasteiger partial charge in [0.15, 0.2) is 5.17 Å². The first-order chi connectivity index (χ1) is 12.8. The minimum Gasteiger partial charge on any atom is -0.356 e. The van der Waals surface area contributed by atoms with Gasteiger partial charge in [-0.2, -0.15) is 0 Å². The molecule has 0 bridgehead atoms. The molecular formula is C22H20BrClN2S. The molecule has 4 rings (SSSR count). The minimum atomic E-state index is 0. The standard InChI is InChI=1S/C22H19BrN2S.ClH/c23-19-14-8-7-13-18(19)15-26-22-24-20(16-9-3-1-4-10-16)21(25-22)17-11-5-2-6-12-17;/h1-14,20-21H,15H2,(H,24,25);1H/t20-,21+;. The zero-order valence-corrected chi connectivity index (χ0v) is 17.8. The Bertz CT molecular complexity index is 902. The lowest BCUT2D eigenvalue weighted by molar-refractivity contribution is 0.573. The zero-order valence-electron chi connectivity index (χ0n) is 14.6. The summed E-state index contributed by atoms with van der Waals surface area (Å²) in [5, 5.41) is 4.65. The molecule has 3 aromatic rings. The molecule has 0 saturated carbocycles. The van der Waals surface area contributed by atoms with E-state index < -0.39 is 0 Å². The summed E-state index contributed by atoms with van der Waals surface area (Å²) in [7, 11) is 0. The van der Waals surface area contributed by atoms with Crippen LogP contribution in [0.1, 0.15) is 28.8 Å². The van der Waals surface area contributed by atoms with Gasteiger partial charge >= 0.3 is 0 Å². The predicted octanol–water partition coefficient (Wildman–Crippen LogP) is 6.55. The molecule has 0 amide bonds. The molecule has 3 aromatic carbocycles. The van der Waals surface area contributed by atoms with Gasteiger partial charge in [0.25, 0.3) is 0 Å². The Kier molecular flexibility index (Phi) is 7.00. The van der Waals surface area contributed by atoms with E-state index in [1.54, 1.807) is 11.8 Å². The molecule has 0 fully saturated rings. The number of hydrogen-bond acceptors (Lipinski definition) is 3. The van der Waals surface area contributed by atoms with Crippen LogP contribution in [-0.2, 0) is 5.75 Å². The quantitative estimate of drug-likeness (QED) is 0.478. The number of halogens is 2. The molecule has 2 atom stereocenters. The Balaban J connectivity index is 0.00000210. The number of amidine groups is 1. The van der Waals surface area contributed by atoms with Crippen LogP contribution in [0.3, 0.4) is 0 Å². The van der Waals surface area contributed by atoms with Crippen LogP contribution in [0.25, 0.3) is 0 Å². The number of rotatable bonds is 4. The second kappa shape index (κ2) is 9.45. The van der Waals surface area contributed by atoms with Gasteiger partial charge in [0.1, 0.15) is 6.04 Å². The molecule has 0 radical (unpaired) electrons. The summed E-state index contributed by atoms with van der Waals surface area (Å²) in [6.07, 6.45) is 0. The average molecular weight is 460 g/mol. The third-order valence-electron chi connectivity index (χ3n) is 4.47. The molecule has 5 heteroatoms.